The van der Waals surface area contributed by atoms with E-state index in [-0.39, 0.29) is 18.4 Å². The fourth-order valence-electron chi connectivity index (χ4n) is 5.43. The number of anilines is 1. The lowest BCUT2D eigenvalue weighted by Gasteiger charge is -2.33. The van der Waals surface area contributed by atoms with Crippen LogP contribution in [0.4, 0.5) is 5.69 Å². The highest BCUT2D eigenvalue weighted by atomic mass is 16.5. The highest BCUT2D eigenvalue weighted by molar-refractivity contribution is 6.16. The first-order valence-electron chi connectivity index (χ1n) is 11.6. The molecule has 3 aromatic carbocycles. The van der Waals surface area contributed by atoms with E-state index in [2.05, 4.69) is 0 Å². The van der Waals surface area contributed by atoms with Gasteiger partial charge in [-0.05, 0) is 48.2 Å². The van der Waals surface area contributed by atoms with Crippen molar-refractivity contribution in [3.05, 3.63) is 107 Å². The van der Waals surface area contributed by atoms with Gasteiger partial charge in [0.05, 0.1) is 25.8 Å². The molecule has 34 heavy (non-hydrogen) atoms. The molecule has 3 aromatic rings. The van der Waals surface area contributed by atoms with Crippen molar-refractivity contribution >= 4 is 17.6 Å². The van der Waals surface area contributed by atoms with Gasteiger partial charge in [0.25, 0.3) is 0 Å². The summed E-state index contributed by atoms with van der Waals surface area (Å²) in [5.74, 6) is 0.0639. The molecule has 0 aromatic heterocycles. The minimum atomic E-state index is -1.11. The fourth-order valence-corrected chi connectivity index (χ4v) is 5.43. The van der Waals surface area contributed by atoms with E-state index < -0.39 is 11.4 Å². The van der Waals surface area contributed by atoms with Gasteiger partial charge < -0.3 is 14.4 Å². The Morgan fingerprint density at radius 3 is 2.41 bits per heavy atom. The number of carbonyl (C=O) groups excluding carboxylic acids is 2. The third kappa shape index (κ3) is 3.31. The number of ether oxygens (including phenoxy) is 2. The number of methoxy groups -OCH3 is 1. The normalized spacial score (nSPS) is 20.9. The second-order valence-corrected chi connectivity index (χ2v) is 8.60. The molecule has 5 rings (SSSR count). The van der Waals surface area contributed by atoms with Crippen molar-refractivity contribution in [2.45, 2.75) is 31.2 Å². The van der Waals surface area contributed by atoms with E-state index in [1.54, 1.807) is 14.0 Å². The summed E-state index contributed by atoms with van der Waals surface area (Å²) in [7, 11) is 1.63. The van der Waals surface area contributed by atoms with Crippen LogP contribution < -0.4 is 9.64 Å². The Morgan fingerprint density at radius 2 is 1.71 bits per heavy atom. The molecule has 0 N–H and O–H groups in total. The van der Waals surface area contributed by atoms with Gasteiger partial charge in [0.2, 0.25) is 5.91 Å². The molecular weight excluding hydrogens is 426 g/mol. The Morgan fingerprint density at radius 1 is 1.00 bits per heavy atom. The summed E-state index contributed by atoms with van der Waals surface area (Å²) in [6.45, 7) is 2.45. The summed E-state index contributed by atoms with van der Waals surface area (Å²) in [5, 5.41) is 0. The molecule has 1 heterocycles. The van der Waals surface area contributed by atoms with Gasteiger partial charge in [-0.3, -0.25) is 4.79 Å². The van der Waals surface area contributed by atoms with Gasteiger partial charge in [0.1, 0.15) is 11.2 Å². The van der Waals surface area contributed by atoms with Gasteiger partial charge in [-0.1, -0.05) is 66.7 Å². The molecule has 5 heteroatoms. The van der Waals surface area contributed by atoms with E-state index in [0.717, 1.165) is 28.1 Å². The van der Waals surface area contributed by atoms with Crippen molar-refractivity contribution in [1.82, 2.24) is 0 Å². The summed E-state index contributed by atoms with van der Waals surface area (Å²) in [5.41, 5.74) is 3.04. The molecule has 0 fully saturated rings. The van der Waals surface area contributed by atoms with E-state index in [9.17, 15) is 9.59 Å². The second kappa shape index (κ2) is 8.82. The van der Waals surface area contributed by atoms with Gasteiger partial charge in [0.15, 0.2) is 0 Å². The van der Waals surface area contributed by atoms with Crippen LogP contribution in [0.5, 0.6) is 5.75 Å². The number of amides is 1. The Labute approximate surface area is 199 Å². The lowest BCUT2D eigenvalue weighted by atomic mass is 9.67. The van der Waals surface area contributed by atoms with Gasteiger partial charge in [0, 0.05) is 11.6 Å². The lowest BCUT2D eigenvalue weighted by Crippen LogP contribution is -2.45. The number of allylic oxidation sites excluding steroid dienone is 1. The van der Waals surface area contributed by atoms with Crippen LogP contribution >= 0.6 is 0 Å². The zero-order chi connectivity index (χ0) is 23.7. The predicted octanol–water partition coefficient (Wildman–Crippen LogP) is 5.16. The smallest absolute Gasteiger partial charge is 0.335 e. The molecule has 1 amide bonds. The standard InChI is InChI=1S/C29H27NO4/c1-3-34-27(31)25-18-17-23(21-9-5-4-6-10-21)29(25)24-11-7-8-12-26(24)30(28(29)32)19-20-13-15-22(33-2)16-14-20/h4-16,18,23H,3,17,19H2,1-2H3/t23-,29+/m1/s1. The number of hydrogen-bond donors (Lipinski definition) is 0. The van der Waals surface area contributed by atoms with Crippen LogP contribution in [-0.4, -0.2) is 25.6 Å². The maximum Gasteiger partial charge on any atom is 0.335 e. The van der Waals surface area contributed by atoms with Crippen LogP contribution in [0, 0.1) is 0 Å². The molecule has 2 atom stereocenters. The molecule has 0 radical (unpaired) electrons. The van der Waals surface area contributed by atoms with E-state index in [4.69, 9.17) is 9.47 Å². The SMILES string of the molecule is CCOC(=O)C1=CC[C@H](c2ccccc2)[C@@]12C(=O)N(Cc1ccc(OC)cc1)c1ccccc12. The Balaban J connectivity index is 1.65. The highest BCUT2D eigenvalue weighted by Gasteiger charge is 2.61. The maximum absolute atomic E-state index is 14.5. The molecule has 1 aliphatic heterocycles. The summed E-state index contributed by atoms with van der Waals surface area (Å²) in [6, 6.07) is 25.5. The highest BCUT2D eigenvalue weighted by Crippen LogP contribution is 2.58. The van der Waals surface area contributed by atoms with Crippen LogP contribution in [0.2, 0.25) is 0 Å². The number of hydrogen-bond acceptors (Lipinski definition) is 4. The first kappa shape index (κ1) is 22.0. The van der Waals surface area contributed by atoms with Gasteiger partial charge in [-0.2, -0.15) is 0 Å². The quantitative estimate of drug-likeness (QED) is 0.484. The van der Waals surface area contributed by atoms with Crippen molar-refractivity contribution in [3.63, 3.8) is 0 Å². The number of rotatable bonds is 6. The molecule has 2 aliphatic rings. The van der Waals surface area contributed by atoms with Gasteiger partial charge in [-0.15, -0.1) is 0 Å². The van der Waals surface area contributed by atoms with Crippen LogP contribution in [-0.2, 0) is 26.3 Å². The number of para-hydroxylation sites is 1. The first-order chi connectivity index (χ1) is 16.6. The second-order valence-electron chi connectivity index (χ2n) is 8.60. The van der Waals surface area contributed by atoms with Crippen LogP contribution in [0.25, 0.3) is 0 Å². The monoisotopic (exact) mass is 453 g/mol. The van der Waals surface area contributed by atoms with Crippen LogP contribution in [0.1, 0.15) is 36.0 Å². The fraction of sp³-hybridized carbons (Fsp3) is 0.241. The summed E-state index contributed by atoms with van der Waals surface area (Å²) in [4.78, 5) is 29.5. The number of carbonyl (C=O) groups is 2. The number of benzene rings is 3. The van der Waals surface area contributed by atoms with Crippen molar-refractivity contribution in [3.8, 4) is 5.75 Å². The molecule has 0 saturated carbocycles. The average Bonchev–Trinajstić information content (AvgIpc) is 3.39. The summed E-state index contributed by atoms with van der Waals surface area (Å²) >= 11 is 0. The van der Waals surface area contributed by atoms with Crippen LogP contribution in [0.15, 0.2) is 90.5 Å². The largest absolute Gasteiger partial charge is 0.497 e. The van der Waals surface area contributed by atoms with Crippen LogP contribution in [0.3, 0.4) is 0 Å². The van der Waals surface area contributed by atoms with Crippen molar-refractivity contribution < 1.29 is 19.1 Å². The Bertz CT molecular complexity index is 1250. The lowest BCUT2D eigenvalue weighted by molar-refractivity contribution is -0.140. The van der Waals surface area contributed by atoms with Crippen molar-refractivity contribution in [2.24, 2.45) is 0 Å². The number of nitrogens with zero attached hydrogens (tertiary/aromatic N) is 1. The molecule has 0 saturated heterocycles. The zero-order valence-corrected chi connectivity index (χ0v) is 19.4. The summed E-state index contributed by atoms with van der Waals surface area (Å²) in [6.07, 6.45) is 2.50. The third-order valence-corrected chi connectivity index (χ3v) is 6.90. The maximum atomic E-state index is 14.5. The Kier molecular flexibility index (Phi) is 5.70. The molecular formula is C29H27NO4. The topological polar surface area (TPSA) is 55.8 Å². The first-order valence-corrected chi connectivity index (χ1v) is 11.6. The zero-order valence-electron chi connectivity index (χ0n) is 19.4. The molecule has 0 bridgehead atoms. The van der Waals surface area contributed by atoms with Crippen molar-refractivity contribution in [2.75, 3.05) is 18.6 Å². The number of esters is 1. The molecule has 0 unspecified atom stereocenters. The summed E-state index contributed by atoms with van der Waals surface area (Å²) < 4.78 is 10.7. The molecule has 172 valence electrons. The number of fused-ring (bicyclic) bond motifs is 2. The predicted molar refractivity (Wildman–Crippen MR) is 131 cm³/mol. The average molecular weight is 454 g/mol. The minimum absolute atomic E-state index is 0.0878. The molecule has 1 spiro atoms. The molecule has 1 aliphatic carbocycles. The van der Waals surface area contributed by atoms with E-state index in [0.29, 0.717) is 18.5 Å². The molecule has 5 nitrogen and oxygen atoms in total. The van der Waals surface area contributed by atoms with Crippen molar-refractivity contribution in [1.29, 1.82) is 0 Å². The third-order valence-electron chi connectivity index (χ3n) is 6.90. The van der Waals surface area contributed by atoms with Gasteiger partial charge in [-0.25, -0.2) is 4.79 Å². The van der Waals surface area contributed by atoms with E-state index in [1.807, 2.05) is 89.8 Å². The minimum Gasteiger partial charge on any atom is -0.497 e. The van der Waals surface area contributed by atoms with E-state index >= 15 is 0 Å². The van der Waals surface area contributed by atoms with E-state index in [1.165, 1.54) is 0 Å². The Hall–Kier alpha value is -3.86. The van der Waals surface area contributed by atoms with Gasteiger partial charge >= 0.3 is 5.97 Å².